The summed E-state index contributed by atoms with van der Waals surface area (Å²) >= 11 is 0. The molecule has 0 saturated carbocycles. The second kappa shape index (κ2) is 7.13. The summed E-state index contributed by atoms with van der Waals surface area (Å²) in [4.78, 5) is 10.7. The highest BCUT2D eigenvalue weighted by Crippen LogP contribution is 2.27. The maximum Gasteiger partial charge on any atom is 0.161 e. The first-order chi connectivity index (χ1) is 9.02. The molecule has 0 atom stereocenters. The zero-order valence-corrected chi connectivity index (χ0v) is 11.9. The Bertz CT molecular complexity index is 522. The number of hydrogen-bond acceptors (Lipinski definition) is 5. The van der Waals surface area contributed by atoms with Gasteiger partial charge in [-0.15, -0.1) is 0 Å². The summed E-state index contributed by atoms with van der Waals surface area (Å²) in [5.74, 6) is 1.20. The number of carbonyl (C=O) groups excluding carboxylic acids is 1. The molecule has 6 heteroatoms. The van der Waals surface area contributed by atoms with Crippen molar-refractivity contribution < 1.29 is 22.7 Å². The van der Waals surface area contributed by atoms with Gasteiger partial charge in [-0.1, -0.05) is 6.92 Å². The Kier molecular flexibility index (Phi) is 5.82. The zero-order chi connectivity index (χ0) is 14.3. The smallest absolute Gasteiger partial charge is 0.161 e. The first-order valence-corrected chi connectivity index (χ1v) is 7.81. The lowest BCUT2D eigenvalue weighted by Gasteiger charge is -2.11. The van der Waals surface area contributed by atoms with Gasteiger partial charge in [0.25, 0.3) is 0 Å². The van der Waals surface area contributed by atoms with Crippen molar-refractivity contribution in [1.29, 1.82) is 0 Å². The highest BCUT2D eigenvalue weighted by molar-refractivity contribution is 7.91. The fourth-order valence-corrected chi connectivity index (χ4v) is 2.33. The quantitative estimate of drug-likeness (QED) is 0.537. The number of rotatable bonds is 8. The van der Waals surface area contributed by atoms with Crippen molar-refractivity contribution in [1.82, 2.24) is 0 Å². The third kappa shape index (κ3) is 4.90. The first kappa shape index (κ1) is 15.5. The Labute approximate surface area is 113 Å². The lowest BCUT2D eigenvalue weighted by atomic mass is 10.2. The standard InChI is InChI=1S/C13H18O5S/c1-3-19(15,16)8-4-7-18-13-9-11(10-14)5-6-12(13)17-2/h5-6,9-10H,3-4,7-8H2,1-2H3. The molecule has 0 bridgehead atoms. The largest absolute Gasteiger partial charge is 0.493 e. The van der Waals surface area contributed by atoms with Gasteiger partial charge in [-0.2, -0.15) is 0 Å². The van der Waals surface area contributed by atoms with E-state index in [9.17, 15) is 13.2 Å². The predicted octanol–water partition coefficient (Wildman–Crippen LogP) is 1.71. The fourth-order valence-electron chi connectivity index (χ4n) is 1.48. The van der Waals surface area contributed by atoms with Gasteiger partial charge >= 0.3 is 0 Å². The maximum atomic E-state index is 11.3. The molecule has 0 aliphatic heterocycles. The second-order valence-electron chi connectivity index (χ2n) is 3.97. The Balaban J connectivity index is 2.59. The molecule has 0 saturated heterocycles. The number of benzene rings is 1. The molecule has 0 amide bonds. The summed E-state index contributed by atoms with van der Waals surface area (Å²) in [5, 5.41) is 0. The highest BCUT2D eigenvalue weighted by Gasteiger charge is 2.09. The van der Waals surface area contributed by atoms with Crippen molar-refractivity contribution in [3.8, 4) is 11.5 Å². The van der Waals surface area contributed by atoms with Crippen LogP contribution in [0.3, 0.4) is 0 Å². The van der Waals surface area contributed by atoms with Crippen LogP contribution in [0, 0.1) is 0 Å². The predicted molar refractivity (Wildman–Crippen MR) is 72.8 cm³/mol. The molecular formula is C13H18O5S. The number of carbonyl (C=O) groups is 1. The van der Waals surface area contributed by atoms with Gasteiger partial charge in [0.05, 0.1) is 19.5 Å². The minimum atomic E-state index is -2.97. The van der Waals surface area contributed by atoms with E-state index < -0.39 is 9.84 Å². The minimum absolute atomic E-state index is 0.0964. The van der Waals surface area contributed by atoms with Crippen molar-refractivity contribution >= 4 is 16.1 Å². The number of sulfone groups is 1. The fraction of sp³-hybridized carbons (Fsp3) is 0.462. The third-order valence-electron chi connectivity index (χ3n) is 2.62. The number of ether oxygens (including phenoxy) is 2. The lowest BCUT2D eigenvalue weighted by Crippen LogP contribution is -2.12. The summed E-state index contributed by atoms with van der Waals surface area (Å²) in [6, 6.07) is 4.84. The molecule has 106 valence electrons. The molecule has 0 aliphatic rings. The van der Waals surface area contributed by atoms with Crippen LogP contribution in [-0.2, 0) is 9.84 Å². The van der Waals surface area contributed by atoms with E-state index >= 15 is 0 Å². The third-order valence-corrected chi connectivity index (χ3v) is 4.41. The van der Waals surface area contributed by atoms with Crippen molar-refractivity contribution in [3.05, 3.63) is 23.8 Å². The molecule has 0 fully saturated rings. The monoisotopic (exact) mass is 286 g/mol. The van der Waals surface area contributed by atoms with E-state index in [1.54, 1.807) is 25.1 Å². The van der Waals surface area contributed by atoms with Crippen molar-refractivity contribution in [2.24, 2.45) is 0 Å². The van der Waals surface area contributed by atoms with Crippen LogP contribution in [0.2, 0.25) is 0 Å². The molecule has 5 nitrogen and oxygen atoms in total. The van der Waals surface area contributed by atoms with Crippen molar-refractivity contribution in [2.45, 2.75) is 13.3 Å². The Morgan fingerprint density at radius 3 is 2.58 bits per heavy atom. The maximum absolute atomic E-state index is 11.3. The van der Waals surface area contributed by atoms with Crippen LogP contribution in [0.1, 0.15) is 23.7 Å². The van der Waals surface area contributed by atoms with Gasteiger partial charge in [0, 0.05) is 11.3 Å². The normalized spacial score (nSPS) is 11.1. The van der Waals surface area contributed by atoms with Crippen LogP contribution in [0.5, 0.6) is 11.5 Å². The summed E-state index contributed by atoms with van der Waals surface area (Å²) < 4.78 is 33.2. The first-order valence-electron chi connectivity index (χ1n) is 5.99. The van der Waals surface area contributed by atoms with E-state index in [1.807, 2.05) is 0 Å². The van der Waals surface area contributed by atoms with Gasteiger partial charge in [-0.3, -0.25) is 4.79 Å². The number of aldehydes is 1. The average Bonchev–Trinajstić information content (AvgIpc) is 2.43. The summed E-state index contributed by atoms with van der Waals surface area (Å²) in [5.41, 5.74) is 0.483. The molecule has 1 aromatic rings. The lowest BCUT2D eigenvalue weighted by molar-refractivity contribution is 0.112. The molecule has 0 aliphatic carbocycles. The van der Waals surface area contributed by atoms with Crippen LogP contribution in [-0.4, -0.2) is 39.9 Å². The molecule has 0 unspecified atom stereocenters. The zero-order valence-electron chi connectivity index (χ0n) is 11.1. The van der Waals surface area contributed by atoms with E-state index in [0.717, 1.165) is 0 Å². The van der Waals surface area contributed by atoms with Crippen molar-refractivity contribution in [3.63, 3.8) is 0 Å². The summed E-state index contributed by atoms with van der Waals surface area (Å²) in [7, 11) is -1.47. The SMILES string of the molecule is CCS(=O)(=O)CCCOc1cc(C=O)ccc1OC. The Morgan fingerprint density at radius 1 is 1.26 bits per heavy atom. The molecule has 0 spiro atoms. The molecular weight excluding hydrogens is 268 g/mol. The van der Waals surface area contributed by atoms with E-state index in [1.165, 1.54) is 7.11 Å². The molecule has 1 aromatic carbocycles. The topological polar surface area (TPSA) is 69.7 Å². The molecule has 0 radical (unpaired) electrons. The average molecular weight is 286 g/mol. The van der Waals surface area contributed by atoms with Gasteiger partial charge in [-0.25, -0.2) is 8.42 Å². The van der Waals surface area contributed by atoms with Gasteiger partial charge in [0.2, 0.25) is 0 Å². The van der Waals surface area contributed by atoms with E-state index in [2.05, 4.69) is 0 Å². The second-order valence-corrected chi connectivity index (χ2v) is 6.44. The van der Waals surface area contributed by atoms with E-state index in [4.69, 9.17) is 9.47 Å². The van der Waals surface area contributed by atoms with E-state index in [0.29, 0.717) is 29.8 Å². The Morgan fingerprint density at radius 2 is 2.00 bits per heavy atom. The Hall–Kier alpha value is -1.56. The van der Waals surface area contributed by atoms with Gasteiger partial charge in [0.15, 0.2) is 11.5 Å². The summed E-state index contributed by atoms with van der Waals surface area (Å²) in [6.45, 7) is 1.88. The van der Waals surface area contributed by atoms with Crippen LogP contribution < -0.4 is 9.47 Å². The highest BCUT2D eigenvalue weighted by atomic mass is 32.2. The molecule has 0 N–H and O–H groups in total. The van der Waals surface area contributed by atoms with Crippen LogP contribution in [0.25, 0.3) is 0 Å². The van der Waals surface area contributed by atoms with Gasteiger partial charge in [0.1, 0.15) is 16.1 Å². The molecule has 0 aromatic heterocycles. The summed E-state index contributed by atoms with van der Waals surface area (Å²) in [6.07, 6.45) is 1.12. The van der Waals surface area contributed by atoms with Crippen LogP contribution in [0.15, 0.2) is 18.2 Å². The van der Waals surface area contributed by atoms with E-state index in [-0.39, 0.29) is 18.1 Å². The number of hydrogen-bond donors (Lipinski definition) is 0. The van der Waals surface area contributed by atoms with Crippen LogP contribution >= 0.6 is 0 Å². The van der Waals surface area contributed by atoms with Crippen molar-refractivity contribution in [2.75, 3.05) is 25.2 Å². The molecule has 1 rings (SSSR count). The molecule has 19 heavy (non-hydrogen) atoms. The minimum Gasteiger partial charge on any atom is -0.493 e. The molecule has 0 heterocycles. The van der Waals surface area contributed by atoms with Gasteiger partial charge in [-0.05, 0) is 24.6 Å². The van der Waals surface area contributed by atoms with Crippen LogP contribution in [0.4, 0.5) is 0 Å². The van der Waals surface area contributed by atoms with Gasteiger partial charge < -0.3 is 9.47 Å². The number of methoxy groups -OCH3 is 1.